The van der Waals surface area contributed by atoms with Gasteiger partial charge in [-0.05, 0) is 37.6 Å². The first-order valence-electron chi connectivity index (χ1n) is 8.19. The molecule has 1 aliphatic rings. The van der Waals surface area contributed by atoms with E-state index in [0.29, 0.717) is 6.42 Å². The van der Waals surface area contributed by atoms with E-state index in [1.807, 2.05) is 36.7 Å². The van der Waals surface area contributed by atoms with Crippen LogP contribution in [0, 0.1) is 13.8 Å². The van der Waals surface area contributed by atoms with E-state index in [1.165, 1.54) is 0 Å². The molecule has 1 aliphatic heterocycles. The van der Waals surface area contributed by atoms with Crippen LogP contribution in [-0.2, 0) is 4.79 Å². The van der Waals surface area contributed by atoms with Crippen LogP contribution in [0.3, 0.4) is 0 Å². The second-order valence-electron chi connectivity index (χ2n) is 6.58. The molecule has 25 heavy (non-hydrogen) atoms. The highest BCUT2D eigenvalue weighted by Crippen LogP contribution is 2.40. The zero-order chi connectivity index (χ0) is 17.1. The van der Waals surface area contributed by atoms with E-state index >= 15 is 0 Å². The molecule has 0 bridgehead atoms. The number of aromatic amines is 1. The summed E-state index contributed by atoms with van der Waals surface area (Å²) in [6.07, 6.45) is 4.01. The first kappa shape index (κ1) is 14.2. The first-order chi connectivity index (χ1) is 12.1. The van der Waals surface area contributed by atoms with Crippen LogP contribution in [0.25, 0.3) is 16.6 Å². The van der Waals surface area contributed by atoms with E-state index in [0.717, 1.165) is 44.8 Å². The smallest absolute Gasteiger partial charge is 0.225 e. The van der Waals surface area contributed by atoms with Crippen molar-refractivity contribution >= 4 is 28.1 Å². The van der Waals surface area contributed by atoms with Crippen LogP contribution < -0.4 is 5.32 Å². The minimum absolute atomic E-state index is 0.0000836. The number of amides is 1. The summed E-state index contributed by atoms with van der Waals surface area (Å²) in [6, 6.07) is 6.03. The van der Waals surface area contributed by atoms with Crippen LogP contribution in [0.4, 0.5) is 5.69 Å². The van der Waals surface area contributed by atoms with Gasteiger partial charge in [0.05, 0.1) is 17.9 Å². The van der Waals surface area contributed by atoms with Gasteiger partial charge in [0.25, 0.3) is 0 Å². The lowest BCUT2D eigenvalue weighted by molar-refractivity contribution is -0.116. The van der Waals surface area contributed by atoms with Gasteiger partial charge in [0, 0.05) is 40.4 Å². The molecular weight excluding hydrogens is 316 g/mol. The fourth-order valence-corrected chi connectivity index (χ4v) is 3.71. The summed E-state index contributed by atoms with van der Waals surface area (Å²) in [4.78, 5) is 17.0. The molecule has 2 N–H and O–H groups in total. The zero-order valence-electron chi connectivity index (χ0n) is 13.9. The average Bonchev–Trinajstić information content (AvgIpc) is 3.18. The molecule has 0 saturated heterocycles. The van der Waals surface area contributed by atoms with Crippen LogP contribution in [0.5, 0.6) is 0 Å². The van der Waals surface area contributed by atoms with Gasteiger partial charge in [0.15, 0.2) is 5.65 Å². The Bertz CT molecular complexity index is 1160. The Kier molecular flexibility index (Phi) is 2.77. The Labute approximate surface area is 143 Å². The molecule has 3 aromatic heterocycles. The summed E-state index contributed by atoms with van der Waals surface area (Å²) in [5.41, 5.74) is 6.56. The van der Waals surface area contributed by atoms with Gasteiger partial charge >= 0.3 is 0 Å². The van der Waals surface area contributed by atoms with Crippen molar-refractivity contribution in [3.8, 4) is 0 Å². The number of rotatable bonds is 1. The van der Waals surface area contributed by atoms with Gasteiger partial charge in [-0.15, -0.1) is 0 Å². The van der Waals surface area contributed by atoms with E-state index < -0.39 is 0 Å². The highest BCUT2D eigenvalue weighted by Gasteiger charge is 2.30. The van der Waals surface area contributed by atoms with Crippen molar-refractivity contribution in [1.29, 1.82) is 0 Å². The number of benzene rings is 1. The Hall–Kier alpha value is -3.22. The molecule has 0 saturated carbocycles. The molecule has 0 fully saturated rings. The molecule has 0 aliphatic carbocycles. The number of aromatic nitrogens is 5. The number of aryl methyl sites for hydroxylation is 2. The average molecular weight is 332 g/mol. The molecule has 1 aromatic carbocycles. The molecule has 4 aromatic rings. The monoisotopic (exact) mass is 332 g/mol. The van der Waals surface area contributed by atoms with E-state index in [1.54, 1.807) is 6.20 Å². The first-order valence-corrected chi connectivity index (χ1v) is 8.19. The second-order valence-corrected chi connectivity index (χ2v) is 6.58. The highest BCUT2D eigenvalue weighted by atomic mass is 16.1. The predicted octanol–water partition coefficient (Wildman–Crippen LogP) is 2.70. The van der Waals surface area contributed by atoms with Crippen molar-refractivity contribution in [2.45, 2.75) is 26.2 Å². The van der Waals surface area contributed by atoms with Crippen LogP contribution in [0.15, 0.2) is 30.6 Å². The number of fused-ring (bicyclic) bond motifs is 3. The molecular formula is C18H16N6O. The van der Waals surface area contributed by atoms with Gasteiger partial charge in [0.1, 0.15) is 0 Å². The molecule has 5 rings (SSSR count). The number of hydrogen-bond donors (Lipinski definition) is 2. The number of H-pyrrole nitrogens is 1. The topological polar surface area (TPSA) is 88.0 Å². The van der Waals surface area contributed by atoms with Crippen LogP contribution in [0.1, 0.15) is 34.9 Å². The van der Waals surface area contributed by atoms with E-state index in [4.69, 9.17) is 0 Å². The van der Waals surface area contributed by atoms with Crippen LogP contribution in [-0.4, -0.2) is 30.7 Å². The number of hydrogen-bond acceptors (Lipinski definition) is 4. The Morgan fingerprint density at radius 2 is 2.04 bits per heavy atom. The molecule has 7 nitrogen and oxygen atoms in total. The molecule has 4 heterocycles. The highest BCUT2D eigenvalue weighted by molar-refractivity contribution is 5.98. The third-order valence-electron chi connectivity index (χ3n) is 4.83. The lowest BCUT2D eigenvalue weighted by Crippen LogP contribution is -2.23. The standard InChI is InChI=1S/C18H16N6O/c1-9-3-10(2)24-18(21-9)14(8-20-24)12-5-17(25)22-16-6-15-11(4-13(12)16)7-19-23-15/h3-4,6-8,12H,5H2,1-2H3,(H,19,23)(H,22,25)/t12-/m0/s1. The van der Waals surface area contributed by atoms with E-state index in [9.17, 15) is 4.79 Å². The fourth-order valence-electron chi connectivity index (χ4n) is 3.71. The van der Waals surface area contributed by atoms with Gasteiger partial charge in [-0.3, -0.25) is 9.89 Å². The number of carbonyl (C=O) groups is 1. The van der Waals surface area contributed by atoms with Crippen molar-refractivity contribution in [3.05, 3.63) is 53.1 Å². The maximum Gasteiger partial charge on any atom is 0.225 e. The SMILES string of the molecule is Cc1cc(C)n2ncc([C@H]3CC(=O)Nc4cc5[nH]ncc5cc43)c2n1. The van der Waals surface area contributed by atoms with Crippen molar-refractivity contribution in [1.82, 2.24) is 24.8 Å². The van der Waals surface area contributed by atoms with Crippen molar-refractivity contribution in [2.24, 2.45) is 0 Å². The van der Waals surface area contributed by atoms with Gasteiger partial charge in [0.2, 0.25) is 5.91 Å². The number of carbonyl (C=O) groups excluding carboxylic acids is 1. The minimum Gasteiger partial charge on any atom is -0.326 e. The lowest BCUT2D eigenvalue weighted by atomic mass is 9.85. The number of nitrogens with zero attached hydrogens (tertiary/aromatic N) is 4. The Balaban J connectivity index is 1.77. The summed E-state index contributed by atoms with van der Waals surface area (Å²) in [7, 11) is 0. The zero-order valence-corrected chi connectivity index (χ0v) is 13.9. The van der Waals surface area contributed by atoms with Crippen LogP contribution in [0.2, 0.25) is 0 Å². The summed E-state index contributed by atoms with van der Waals surface area (Å²) in [5.74, 6) is -0.0747. The van der Waals surface area contributed by atoms with Gasteiger partial charge in [-0.2, -0.15) is 10.2 Å². The van der Waals surface area contributed by atoms with Gasteiger partial charge < -0.3 is 5.32 Å². The molecule has 0 spiro atoms. The molecule has 1 amide bonds. The van der Waals surface area contributed by atoms with Gasteiger partial charge in [-0.1, -0.05) is 0 Å². The van der Waals surface area contributed by atoms with Gasteiger partial charge in [-0.25, -0.2) is 9.50 Å². The maximum absolute atomic E-state index is 12.3. The lowest BCUT2D eigenvalue weighted by Gasteiger charge is -2.25. The van der Waals surface area contributed by atoms with Crippen molar-refractivity contribution < 1.29 is 4.79 Å². The molecule has 1 atom stereocenters. The third kappa shape index (κ3) is 2.05. The minimum atomic E-state index is -0.0748. The summed E-state index contributed by atoms with van der Waals surface area (Å²) >= 11 is 0. The second kappa shape index (κ2) is 4.89. The molecule has 124 valence electrons. The van der Waals surface area contributed by atoms with Crippen molar-refractivity contribution in [2.75, 3.05) is 5.32 Å². The number of nitrogens with one attached hydrogen (secondary N) is 2. The Morgan fingerprint density at radius 1 is 1.16 bits per heavy atom. The summed E-state index contributed by atoms with van der Waals surface area (Å²) in [6.45, 7) is 3.98. The van der Waals surface area contributed by atoms with E-state index in [-0.39, 0.29) is 11.8 Å². The quantitative estimate of drug-likeness (QED) is 0.561. The molecule has 7 heteroatoms. The maximum atomic E-state index is 12.3. The predicted molar refractivity (Wildman–Crippen MR) is 93.6 cm³/mol. The van der Waals surface area contributed by atoms with Crippen molar-refractivity contribution in [3.63, 3.8) is 0 Å². The Morgan fingerprint density at radius 3 is 2.92 bits per heavy atom. The van der Waals surface area contributed by atoms with Crippen LogP contribution >= 0.6 is 0 Å². The molecule has 0 unspecified atom stereocenters. The summed E-state index contributed by atoms with van der Waals surface area (Å²) in [5, 5.41) is 15.5. The largest absolute Gasteiger partial charge is 0.326 e. The molecule has 0 radical (unpaired) electrons. The summed E-state index contributed by atoms with van der Waals surface area (Å²) < 4.78 is 1.84. The fraction of sp³-hybridized carbons (Fsp3) is 0.222. The van der Waals surface area contributed by atoms with E-state index in [2.05, 4.69) is 31.7 Å². The third-order valence-corrected chi connectivity index (χ3v) is 4.83. The number of anilines is 1. The normalized spacial score (nSPS) is 17.0.